The number of rotatable bonds is 5. The highest BCUT2D eigenvalue weighted by Crippen LogP contribution is 2.36. The predicted molar refractivity (Wildman–Crippen MR) is 69.6 cm³/mol. The maximum atomic E-state index is 13.9. The number of anilines is 1. The molecule has 1 atom stereocenters. The van der Waals surface area contributed by atoms with Gasteiger partial charge in [0.2, 0.25) is 0 Å². The Hall–Kier alpha value is -1.35. The van der Waals surface area contributed by atoms with Gasteiger partial charge in [0.05, 0.1) is 0 Å². The SMILES string of the molecule is C=CCN(c1cccc(F)c1[C@H](C)N)C1CC1. The average Bonchev–Trinajstić information content (AvgIpc) is 3.08. The molecule has 0 spiro atoms. The summed E-state index contributed by atoms with van der Waals surface area (Å²) in [6.45, 7) is 6.33. The minimum Gasteiger partial charge on any atom is -0.364 e. The van der Waals surface area contributed by atoms with Gasteiger partial charge in [-0.2, -0.15) is 0 Å². The standard InChI is InChI=1S/C14H19FN2/c1-3-9-17(11-7-8-11)13-6-4-5-12(15)14(13)10(2)16/h3-6,10-11H,1,7-9,16H2,2H3/t10-/m0/s1. The molecule has 3 heteroatoms. The van der Waals surface area contributed by atoms with E-state index in [0.29, 0.717) is 11.6 Å². The molecule has 17 heavy (non-hydrogen) atoms. The third kappa shape index (κ3) is 2.50. The Morgan fingerprint density at radius 2 is 2.29 bits per heavy atom. The van der Waals surface area contributed by atoms with Crippen molar-refractivity contribution in [3.63, 3.8) is 0 Å². The van der Waals surface area contributed by atoms with Crippen molar-refractivity contribution in [1.82, 2.24) is 0 Å². The van der Waals surface area contributed by atoms with Gasteiger partial charge in [0.25, 0.3) is 0 Å². The van der Waals surface area contributed by atoms with Crippen molar-refractivity contribution in [3.05, 3.63) is 42.2 Å². The van der Waals surface area contributed by atoms with E-state index in [1.54, 1.807) is 6.07 Å². The van der Waals surface area contributed by atoms with E-state index in [0.717, 1.165) is 12.2 Å². The molecule has 0 radical (unpaired) electrons. The molecular formula is C14H19FN2. The zero-order valence-electron chi connectivity index (χ0n) is 10.2. The van der Waals surface area contributed by atoms with Gasteiger partial charge in [0.1, 0.15) is 5.82 Å². The zero-order valence-corrected chi connectivity index (χ0v) is 10.2. The molecule has 0 aromatic heterocycles. The molecular weight excluding hydrogens is 215 g/mol. The quantitative estimate of drug-likeness (QED) is 0.793. The molecule has 2 N–H and O–H groups in total. The van der Waals surface area contributed by atoms with Crippen molar-refractivity contribution in [1.29, 1.82) is 0 Å². The van der Waals surface area contributed by atoms with E-state index in [9.17, 15) is 4.39 Å². The van der Waals surface area contributed by atoms with Gasteiger partial charge in [-0.05, 0) is 31.9 Å². The van der Waals surface area contributed by atoms with Crippen LogP contribution in [0.25, 0.3) is 0 Å². The molecule has 1 aromatic rings. The molecule has 1 aliphatic carbocycles. The number of nitrogens with zero attached hydrogens (tertiary/aromatic N) is 1. The average molecular weight is 234 g/mol. The van der Waals surface area contributed by atoms with Crippen molar-refractivity contribution in [2.24, 2.45) is 5.73 Å². The van der Waals surface area contributed by atoms with Gasteiger partial charge < -0.3 is 10.6 Å². The van der Waals surface area contributed by atoms with Crippen LogP contribution in [-0.2, 0) is 0 Å². The lowest BCUT2D eigenvalue weighted by Crippen LogP contribution is -2.28. The molecule has 0 heterocycles. The topological polar surface area (TPSA) is 29.3 Å². The van der Waals surface area contributed by atoms with Crippen LogP contribution in [0.2, 0.25) is 0 Å². The van der Waals surface area contributed by atoms with E-state index >= 15 is 0 Å². The van der Waals surface area contributed by atoms with Gasteiger partial charge in [-0.15, -0.1) is 6.58 Å². The van der Waals surface area contributed by atoms with Crippen LogP contribution in [0.3, 0.4) is 0 Å². The highest BCUT2D eigenvalue weighted by molar-refractivity contribution is 5.57. The summed E-state index contributed by atoms with van der Waals surface area (Å²) in [5.41, 5.74) is 7.41. The van der Waals surface area contributed by atoms with Crippen LogP contribution in [-0.4, -0.2) is 12.6 Å². The van der Waals surface area contributed by atoms with Crippen molar-refractivity contribution in [2.75, 3.05) is 11.4 Å². The summed E-state index contributed by atoms with van der Waals surface area (Å²) in [6, 6.07) is 5.39. The monoisotopic (exact) mass is 234 g/mol. The van der Waals surface area contributed by atoms with E-state index in [1.165, 1.54) is 18.9 Å². The number of nitrogens with two attached hydrogens (primary N) is 1. The molecule has 0 aliphatic heterocycles. The van der Waals surface area contributed by atoms with Crippen molar-refractivity contribution < 1.29 is 4.39 Å². The Kier molecular flexibility index (Phi) is 3.48. The van der Waals surface area contributed by atoms with Gasteiger partial charge in [-0.25, -0.2) is 4.39 Å². The van der Waals surface area contributed by atoms with E-state index in [2.05, 4.69) is 11.5 Å². The molecule has 1 saturated carbocycles. The third-order valence-corrected chi connectivity index (χ3v) is 3.11. The number of hydrogen-bond acceptors (Lipinski definition) is 2. The molecule has 0 amide bonds. The summed E-state index contributed by atoms with van der Waals surface area (Å²) in [7, 11) is 0. The highest BCUT2D eigenvalue weighted by atomic mass is 19.1. The number of benzene rings is 1. The second kappa shape index (κ2) is 4.88. The summed E-state index contributed by atoms with van der Waals surface area (Å²) < 4.78 is 13.9. The summed E-state index contributed by atoms with van der Waals surface area (Å²) in [4.78, 5) is 2.20. The van der Waals surface area contributed by atoms with Gasteiger partial charge in [-0.1, -0.05) is 12.1 Å². The second-order valence-electron chi connectivity index (χ2n) is 4.63. The lowest BCUT2D eigenvalue weighted by atomic mass is 10.0. The fourth-order valence-electron chi connectivity index (χ4n) is 2.20. The Labute approximate surface area is 102 Å². The summed E-state index contributed by atoms with van der Waals surface area (Å²) in [6.07, 6.45) is 4.19. The maximum Gasteiger partial charge on any atom is 0.130 e. The molecule has 0 bridgehead atoms. The molecule has 1 fully saturated rings. The fraction of sp³-hybridized carbons (Fsp3) is 0.429. The Balaban J connectivity index is 2.41. The minimum atomic E-state index is -0.294. The molecule has 1 aliphatic rings. The number of hydrogen-bond donors (Lipinski definition) is 1. The van der Waals surface area contributed by atoms with Gasteiger partial charge >= 0.3 is 0 Å². The van der Waals surface area contributed by atoms with Crippen LogP contribution in [0.5, 0.6) is 0 Å². The van der Waals surface area contributed by atoms with Crippen LogP contribution in [0.1, 0.15) is 31.4 Å². The van der Waals surface area contributed by atoms with E-state index in [4.69, 9.17) is 5.73 Å². The van der Waals surface area contributed by atoms with Crippen LogP contribution < -0.4 is 10.6 Å². The molecule has 0 unspecified atom stereocenters. The Morgan fingerprint density at radius 1 is 1.59 bits per heavy atom. The van der Waals surface area contributed by atoms with E-state index in [1.807, 2.05) is 19.1 Å². The first kappa shape index (κ1) is 12.1. The molecule has 92 valence electrons. The normalized spacial score (nSPS) is 16.6. The summed E-state index contributed by atoms with van der Waals surface area (Å²) in [5.74, 6) is -0.216. The lowest BCUT2D eigenvalue weighted by Gasteiger charge is -2.27. The number of halogens is 1. The molecule has 2 nitrogen and oxygen atoms in total. The smallest absolute Gasteiger partial charge is 0.130 e. The predicted octanol–water partition coefficient (Wildman–Crippen LogP) is 3.00. The highest BCUT2D eigenvalue weighted by Gasteiger charge is 2.30. The van der Waals surface area contributed by atoms with Gasteiger partial charge in [0, 0.05) is 29.9 Å². The van der Waals surface area contributed by atoms with Crippen LogP contribution in [0.15, 0.2) is 30.9 Å². The van der Waals surface area contributed by atoms with Crippen LogP contribution in [0.4, 0.5) is 10.1 Å². The lowest BCUT2D eigenvalue weighted by molar-refractivity contribution is 0.592. The van der Waals surface area contributed by atoms with Crippen molar-refractivity contribution in [2.45, 2.75) is 31.8 Å². The second-order valence-corrected chi connectivity index (χ2v) is 4.63. The largest absolute Gasteiger partial charge is 0.364 e. The first-order chi connectivity index (χ1) is 8.15. The zero-order chi connectivity index (χ0) is 12.4. The van der Waals surface area contributed by atoms with Crippen LogP contribution in [0, 0.1) is 5.82 Å². The maximum absolute atomic E-state index is 13.9. The van der Waals surface area contributed by atoms with Crippen molar-refractivity contribution >= 4 is 5.69 Å². The van der Waals surface area contributed by atoms with Gasteiger partial charge in [-0.3, -0.25) is 0 Å². The third-order valence-electron chi connectivity index (χ3n) is 3.11. The Bertz CT molecular complexity index is 411. The van der Waals surface area contributed by atoms with Gasteiger partial charge in [0.15, 0.2) is 0 Å². The molecule has 0 saturated heterocycles. The fourth-order valence-corrected chi connectivity index (χ4v) is 2.20. The van der Waals surface area contributed by atoms with Crippen molar-refractivity contribution in [3.8, 4) is 0 Å². The summed E-state index contributed by atoms with van der Waals surface area (Å²) >= 11 is 0. The molecule has 1 aromatic carbocycles. The van der Waals surface area contributed by atoms with E-state index in [-0.39, 0.29) is 11.9 Å². The summed E-state index contributed by atoms with van der Waals surface area (Å²) in [5, 5.41) is 0. The van der Waals surface area contributed by atoms with Crippen LogP contribution >= 0.6 is 0 Å². The van der Waals surface area contributed by atoms with E-state index < -0.39 is 0 Å². The first-order valence-corrected chi connectivity index (χ1v) is 6.06. The first-order valence-electron chi connectivity index (χ1n) is 6.06. The minimum absolute atomic E-state index is 0.216. The Morgan fingerprint density at radius 3 is 2.82 bits per heavy atom. The molecule has 2 rings (SSSR count).